The Balaban J connectivity index is 2.16. The van der Waals surface area contributed by atoms with E-state index in [1.807, 2.05) is 0 Å². The predicted molar refractivity (Wildman–Crippen MR) is 76.6 cm³/mol. The predicted octanol–water partition coefficient (Wildman–Crippen LogP) is 2.95. The van der Waals surface area contributed by atoms with E-state index in [0.717, 1.165) is 22.7 Å². The minimum absolute atomic E-state index is 0.186. The van der Waals surface area contributed by atoms with Gasteiger partial charge in [0.2, 0.25) is 0 Å². The SMILES string of the molecule is Nc1cc(Br)cc(-c2nnnn2-c2cc(F)cc(F)c2)c1. The summed E-state index contributed by atoms with van der Waals surface area (Å²) >= 11 is 3.32. The smallest absolute Gasteiger partial charge is 0.187 e. The Morgan fingerprint density at radius 1 is 1.00 bits per heavy atom. The van der Waals surface area contributed by atoms with Crippen LogP contribution >= 0.6 is 15.9 Å². The van der Waals surface area contributed by atoms with Gasteiger partial charge in [0.1, 0.15) is 11.6 Å². The lowest BCUT2D eigenvalue weighted by Gasteiger charge is -2.06. The van der Waals surface area contributed by atoms with Crippen molar-refractivity contribution in [2.45, 2.75) is 0 Å². The van der Waals surface area contributed by atoms with Gasteiger partial charge in [0, 0.05) is 21.8 Å². The first-order chi connectivity index (χ1) is 10.0. The number of hydrogen-bond acceptors (Lipinski definition) is 4. The fourth-order valence-corrected chi connectivity index (χ4v) is 2.45. The second-order valence-electron chi connectivity index (χ2n) is 4.32. The van der Waals surface area contributed by atoms with Crippen molar-refractivity contribution >= 4 is 21.6 Å². The maximum Gasteiger partial charge on any atom is 0.187 e. The fraction of sp³-hybridized carbons (Fsp3) is 0. The van der Waals surface area contributed by atoms with Crippen molar-refractivity contribution in [3.63, 3.8) is 0 Å². The van der Waals surface area contributed by atoms with Crippen LogP contribution in [0.3, 0.4) is 0 Å². The number of aromatic nitrogens is 4. The van der Waals surface area contributed by atoms with Gasteiger partial charge >= 0.3 is 0 Å². The summed E-state index contributed by atoms with van der Waals surface area (Å²) in [5.74, 6) is -1.09. The Morgan fingerprint density at radius 3 is 2.38 bits per heavy atom. The Bertz CT molecular complexity index is 712. The van der Waals surface area contributed by atoms with Crippen LogP contribution in [0.15, 0.2) is 40.9 Å². The molecule has 0 fully saturated rings. The molecule has 0 bridgehead atoms. The molecule has 0 aliphatic carbocycles. The van der Waals surface area contributed by atoms with Crippen LogP contribution in [0.5, 0.6) is 0 Å². The molecule has 3 aromatic rings. The minimum atomic E-state index is -0.708. The first kappa shape index (κ1) is 13.6. The van der Waals surface area contributed by atoms with Crippen molar-refractivity contribution in [2.75, 3.05) is 5.73 Å². The topological polar surface area (TPSA) is 69.6 Å². The van der Waals surface area contributed by atoms with Gasteiger partial charge < -0.3 is 5.73 Å². The van der Waals surface area contributed by atoms with Crippen molar-refractivity contribution in [3.05, 3.63) is 52.5 Å². The van der Waals surface area contributed by atoms with Crippen LogP contribution in [0.2, 0.25) is 0 Å². The van der Waals surface area contributed by atoms with Crippen molar-refractivity contribution in [1.82, 2.24) is 20.2 Å². The van der Waals surface area contributed by atoms with Crippen molar-refractivity contribution in [2.24, 2.45) is 0 Å². The summed E-state index contributed by atoms with van der Waals surface area (Å²) in [7, 11) is 0. The molecule has 0 aliphatic heterocycles. The number of anilines is 1. The van der Waals surface area contributed by atoms with Gasteiger partial charge in [-0.15, -0.1) is 5.10 Å². The fourth-order valence-electron chi connectivity index (χ4n) is 1.94. The molecule has 2 aromatic carbocycles. The molecule has 1 heterocycles. The van der Waals surface area contributed by atoms with Crippen molar-refractivity contribution < 1.29 is 8.78 Å². The number of nitrogens with zero attached hydrogens (tertiary/aromatic N) is 4. The highest BCUT2D eigenvalue weighted by molar-refractivity contribution is 9.10. The van der Waals surface area contributed by atoms with Crippen LogP contribution in [-0.4, -0.2) is 20.2 Å². The van der Waals surface area contributed by atoms with E-state index < -0.39 is 11.6 Å². The molecule has 0 aliphatic rings. The average Bonchev–Trinajstić information content (AvgIpc) is 2.85. The molecule has 0 unspecified atom stereocenters. The van der Waals surface area contributed by atoms with E-state index in [4.69, 9.17) is 5.73 Å². The summed E-state index contributed by atoms with van der Waals surface area (Å²) in [5.41, 5.74) is 7.10. The highest BCUT2D eigenvalue weighted by Crippen LogP contribution is 2.26. The molecule has 0 atom stereocenters. The van der Waals surface area contributed by atoms with Gasteiger partial charge in [0.05, 0.1) is 5.69 Å². The number of benzene rings is 2. The third kappa shape index (κ3) is 2.75. The molecular formula is C13H8BrF2N5. The molecule has 0 spiro atoms. The molecular weight excluding hydrogens is 344 g/mol. The number of hydrogen-bond donors (Lipinski definition) is 1. The molecule has 1 aromatic heterocycles. The Kier molecular flexibility index (Phi) is 3.38. The zero-order valence-corrected chi connectivity index (χ0v) is 12.1. The molecule has 0 amide bonds. The summed E-state index contributed by atoms with van der Waals surface area (Å²) in [6.07, 6.45) is 0. The van der Waals surface area contributed by atoms with Crippen LogP contribution < -0.4 is 5.73 Å². The molecule has 0 saturated carbocycles. The molecule has 0 radical (unpaired) electrons. The van der Waals surface area contributed by atoms with E-state index in [9.17, 15) is 8.78 Å². The average molecular weight is 352 g/mol. The van der Waals surface area contributed by atoms with Gasteiger partial charge in [0.25, 0.3) is 0 Å². The maximum absolute atomic E-state index is 13.3. The Morgan fingerprint density at radius 2 is 1.71 bits per heavy atom. The largest absolute Gasteiger partial charge is 0.399 e. The molecule has 21 heavy (non-hydrogen) atoms. The lowest BCUT2D eigenvalue weighted by Crippen LogP contribution is -2.01. The minimum Gasteiger partial charge on any atom is -0.399 e. The number of nitrogen functional groups attached to an aromatic ring is 1. The lowest BCUT2D eigenvalue weighted by atomic mass is 10.2. The maximum atomic E-state index is 13.3. The van der Waals surface area contributed by atoms with Crippen LogP contribution in [-0.2, 0) is 0 Å². The molecule has 0 saturated heterocycles. The van der Waals surface area contributed by atoms with Crippen LogP contribution in [0.4, 0.5) is 14.5 Å². The van der Waals surface area contributed by atoms with Gasteiger partial charge in [-0.1, -0.05) is 15.9 Å². The molecule has 106 valence electrons. The van der Waals surface area contributed by atoms with Gasteiger partial charge in [0.15, 0.2) is 5.82 Å². The van der Waals surface area contributed by atoms with Gasteiger partial charge in [-0.25, -0.2) is 8.78 Å². The van der Waals surface area contributed by atoms with Gasteiger partial charge in [-0.2, -0.15) is 4.68 Å². The van der Waals surface area contributed by atoms with E-state index in [1.165, 1.54) is 4.68 Å². The first-order valence-electron chi connectivity index (χ1n) is 5.84. The van der Waals surface area contributed by atoms with Crippen LogP contribution in [0, 0.1) is 11.6 Å². The number of tetrazole rings is 1. The molecule has 8 heteroatoms. The van der Waals surface area contributed by atoms with Crippen molar-refractivity contribution in [3.8, 4) is 17.1 Å². The normalized spacial score (nSPS) is 10.8. The molecule has 2 N–H and O–H groups in total. The van der Waals surface area contributed by atoms with E-state index in [1.54, 1.807) is 18.2 Å². The Labute approximate surface area is 126 Å². The standard InChI is InChI=1S/C13H8BrF2N5/c14-8-1-7(2-11(17)3-8)13-18-19-20-21(13)12-5-9(15)4-10(16)6-12/h1-6H,17H2. The van der Waals surface area contributed by atoms with Crippen molar-refractivity contribution in [1.29, 1.82) is 0 Å². The zero-order chi connectivity index (χ0) is 15.0. The highest BCUT2D eigenvalue weighted by Gasteiger charge is 2.13. The van der Waals surface area contributed by atoms with Crippen LogP contribution in [0.25, 0.3) is 17.1 Å². The molecule has 3 rings (SSSR count). The Hall–Kier alpha value is -2.35. The van der Waals surface area contributed by atoms with E-state index in [-0.39, 0.29) is 5.69 Å². The summed E-state index contributed by atoms with van der Waals surface area (Å²) in [5, 5.41) is 11.2. The summed E-state index contributed by atoms with van der Waals surface area (Å²) in [6, 6.07) is 8.22. The summed E-state index contributed by atoms with van der Waals surface area (Å²) < 4.78 is 28.7. The number of halogens is 3. The second-order valence-corrected chi connectivity index (χ2v) is 5.23. The van der Waals surface area contributed by atoms with E-state index in [2.05, 4.69) is 31.5 Å². The number of nitrogens with two attached hydrogens (primary N) is 1. The lowest BCUT2D eigenvalue weighted by molar-refractivity contribution is 0.579. The quantitative estimate of drug-likeness (QED) is 0.720. The summed E-state index contributed by atoms with van der Waals surface area (Å²) in [6.45, 7) is 0. The molecule has 5 nitrogen and oxygen atoms in total. The van der Waals surface area contributed by atoms with E-state index in [0.29, 0.717) is 17.1 Å². The monoisotopic (exact) mass is 351 g/mol. The number of rotatable bonds is 2. The first-order valence-corrected chi connectivity index (χ1v) is 6.63. The third-order valence-electron chi connectivity index (χ3n) is 2.74. The third-order valence-corrected chi connectivity index (χ3v) is 3.20. The van der Waals surface area contributed by atoms with E-state index >= 15 is 0 Å². The van der Waals surface area contributed by atoms with Gasteiger partial charge in [-0.3, -0.25) is 0 Å². The highest BCUT2D eigenvalue weighted by atomic mass is 79.9. The second kappa shape index (κ2) is 5.21. The van der Waals surface area contributed by atoms with Gasteiger partial charge in [-0.05, 0) is 40.8 Å². The summed E-state index contributed by atoms with van der Waals surface area (Å²) in [4.78, 5) is 0. The zero-order valence-electron chi connectivity index (χ0n) is 10.5. The van der Waals surface area contributed by atoms with Crippen LogP contribution in [0.1, 0.15) is 0 Å².